The lowest BCUT2D eigenvalue weighted by atomic mass is 10.0. The Kier molecular flexibility index (Phi) is 12.5. The van der Waals surface area contributed by atoms with Crippen molar-refractivity contribution in [2.24, 2.45) is 0 Å². The van der Waals surface area contributed by atoms with Crippen LogP contribution in [0.1, 0.15) is 6.23 Å². The number of carbonyl (C=O) groups excluding carboxylic acids is 1. The molecule has 1 saturated heterocycles. The maximum Gasteiger partial charge on any atom is 0.330 e. The van der Waals surface area contributed by atoms with Crippen molar-refractivity contribution in [1.82, 2.24) is 9.55 Å². The van der Waals surface area contributed by atoms with E-state index in [1.165, 1.54) is 0 Å². The van der Waals surface area contributed by atoms with Crippen molar-refractivity contribution in [2.75, 3.05) is 13.2 Å². The molecule has 22 heteroatoms. The number of aliphatic hydroxyl groups is 6. The van der Waals surface area contributed by atoms with Gasteiger partial charge < -0.3 is 77.9 Å². The largest absolute Gasteiger partial charge is 0.790 e. The van der Waals surface area contributed by atoms with E-state index in [0.29, 0.717) is 0 Å². The molecule has 1 aliphatic heterocycles. The van der Waals surface area contributed by atoms with Crippen molar-refractivity contribution in [3.63, 3.8) is 0 Å². The fraction of sp³-hybridized carbons (Fsp3) is 0.667. The molecule has 1 fully saturated rings. The van der Waals surface area contributed by atoms with Gasteiger partial charge in [-0.3, -0.25) is 14.3 Å². The molecule has 0 unspecified atom stereocenters. The monoisotopic (exact) mass is 580 g/mol. The Morgan fingerprint density at radius 3 is 2.05 bits per heavy atom. The number of aromatic nitrogens is 2. The normalized spacial score (nSPS) is 25.5. The maximum atomic E-state index is 11.4. The van der Waals surface area contributed by atoms with Crippen LogP contribution in [0.15, 0.2) is 21.9 Å². The minimum absolute atomic E-state index is 0.434. The molecular formula is C15H22N2O18P2-4. The zero-order valence-corrected chi connectivity index (χ0v) is 20.0. The van der Waals surface area contributed by atoms with Gasteiger partial charge in [0.25, 0.3) is 5.56 Å². The smallest absolute Gasteiger partial charge is 0.330 e. The molecule has 214 valence electrons. The minimum Gasteiger partial charge on any atom is -0.790 e. The van der Waals surface area contributed by atoms with Gasteiger partial charge in [0.1, 0.15) is 42.7 Å². The predicted octanol–water partition coefficient (Wildman–Crippen LogP) is -8.52. The summed E-state index contributed by atoms with van der Waals surface area (Å²) < 4.78 is 34.2. The lowest BCUT2D eigenvalue weighted by Gasteiger charge is -2.41. The van der Waals surface area contributed by atoms with E-state index in [4.69, 9.17) is 20.1 Å². The van der Waals surface area contributed by atoms with Crippen LogP contribution in [-0.4, -0.2) is 102 Å². The zero-order valence-electron chi connectivity index (χ0n) is 18.2. The first-order valence-electron chi connectivity index (χ1n) is 9.72. The molecule has 8 atom stereocenters. The highest BCUT2D eigenvalue weighted by atomic mass is 31.2. The van der Waals surface area contributed by atoms with Crippen LogP contribution in [-0.2, 0) is 27.7 Å². The Bertz CT molecular complexity index is 1080. The number of ether oxygens (including phenoxy) is 1. The van der Waals surface area contributed by atoms with Crippen molar-refractivity contribution in [3.8, 4) is 0 Å². The predicted molar refractivity (Wildman–Crippen MR) is 104 cm³/mol. The summed E-state index contributed by atoms with van der Waals surface area (Å²) >= 11 is 0. The quantitative estimate of drug-likeness (QED) is 0.0943. The number of aromatic amines is 1. The molecule has 1 aliphatic rings. The number of phosphoric acid groups is 2. The summed E-state index contributed by atoms with van der Waals surface area (Å²) in [4.78, 5) is 76.5. The van der Waals surface area contributed by atoms with E-state index >= 15 is 0 Å². The molecule has 0 radical (unpaired) electrons. The fourth-order valence-corrected chi connectivity index (χ4v) is 3.85. The zero-order chi connectivity index (χ0) is 28.7. The summed E-state index contributed by atoms with van der Waals surface area (Å²) in [6.07, 6.45) is -13.6. The molecule has 0 amide bonds. The second kappa shape index (κ2) is 13.9. The lowest BCUT2D eigenvalue weighted by molar-refractivity contribution is -0.357. The number of aldehydes is 1. The number of nitrogens with zero attached hydrogens (tertiary/aromatic N) is 1. The fourth-order valence-electron chi connectivity index (χ4n) is 2.84. The highest BCUT2D eigenvalue weighted by molar-refractivity contribution is 7.43. The number of nitrogens with one attached hydrogen (secondary N) is 1. The van der Waals surface area contributed by atoms with Gasteiger partial charge in [0.15, 0.2) is 12.5 Å². The third-order valence-corrected chi connectivity index (χ3v) is 5.52. The van der Waals surface area contributed by atoms with Crippen LogP contribution in [0.4, 0.5) is 0 Å². The topological polar surface area (TPSA) is 347 Å². The molecule has 0 aliphatic carbocycles. The number of hydrogen-bond acceptors (Lipinski definition) is 18. The van der Waals surface area contributed by atoms with Gasteiger partial charge in [0.05, 0.1) is 28.9 Å². The van der Waals surface area contributed by atoms with Gasteiger partial charge in [-0.15, -0.1) is 0 Å². The van der Waals surface area contributed by atoms with E-state index in [2.05, 4.69) is 9.05 Å². The molecule has 0 spiro atoms. The molecule has 7 N–H and O–H groups in total. The van der Waals surface area contributed by atoms with E-state index in [0.717, 1.165) is 16.8 Å². The molecular weight excluding hydrogens is 558 g/mol. The van der Waals surface area contributed by atoms with Crippen LogP contribution in [0.2, 0.25) is 0 Å². The number of hydrogen-bond donors (Lipinski definition) is 7. The highest BCUT2D eigenvalue weighted by Crippen LogP contribution is 2.35. The third kappa shape index (κ3) is 10.2. The summed E-state index contributed by atoms with van der Waals surface area (Å²) in [6, 6.07) is 1.09. The van der Waals surface area contributed by atoms with Gasteiger partial charge in [-0.2, -0.15) is 0 Å². The summed E-state index contributed by atoms with van der Waals surface area (Å²) in [5, 5.41) is 55.1. The number of phosphoric ester groups is 2. The summed E-state index contributed by atoms with van der Waals surface area (Å²) in [5.41, 5.74) is -1.33. The van der Waals surface area contributed by atoms with Crippen LogP contribution < -0.4 is 30.8 Å². The van der Waals surface area contributed by atoms with Gasteiger partial charge in [-0.05, 0) is 0 Å². The molecule has 1 aromatic heterocycles. The Hall–Kier alpha value is -1.71. The van der Waals surface area contributed by atoms with Gasteiger partial charge in [0.2, 0.25) is 0 Å². The summed E-state index contributed by atoms with van der Waals surface area (Å²) in [7, 11) is -11.6. The second-order valence-corrected chi connectivity index (χ2v) is 9.37. The second-order valence-electron chi connectivity index (χ2n) is 7.16. The molecule has 37 heavy (non-hydrogen) atoms. The van der Waals surface area contributed by atoms with Crippen LogP contribution in [0.3, 0.4) is 0 Å². The number of rotatable bonds is 11. The Labute approximate surface area is 205 Å². The first-order valence-corrected chi connectivity index (χ1v) is 12.6. The number of aliphatic hydroxyl groups excluding tert-OH is 6. The van der Waals surface area contributed by atoms with Crippen molar-refractivity contribution >= 4 is 21.9 Å². The molecule has 2 rings (SSSR count). The van der Waals surface area contributed by atoms with E-state index in [9.17, 15) is 58.4 Å². The molecule has 0 saturated carbocycles. The van der Waals surface area contributed by atoms with E-state index in [1.807, 2.05) is 4.98 Å². The van der Waals surface area contributed by atoms with Crippen molar-refractivity contribution < 1.29 is 77.9 Å². The van der Waals surface area contributed by atoms with E-state index in [1.54, 1.807) is 0 Å². The van der Waals surface area contributed by atoms with Gasteiger partial charge in [-0.25, -0.2) is 4.79 Å². The first-order chi connectivity index (χ1) is 16.9. The lowest BCUT2D eigenvalue weighted by Crippen LogP contribution is -2.50. The van der Waals surface area contributed by atoms with Gasteiger partial charge in [-0.1, -0.05) is 0 Å². The van der Waals surface area contributed by atoms with Crippen LogP contribution in [0, 0.1) is 0 Å². The summed E-state index contributed by atoms with van der Waals surface area (Å²) in [5.74, 6) is 0. The van der Waals surface area contributed by atoms with Crippen LogP contribution in [0.25, 0.3) is 0 Å². The summed E-state index contributed by atoms with van der Waals surface area (Å²) in [6.45, 7) is -1.63. The van der Waals surface area contributed by atoms with Gasteiger partial charge in [0, 0.05) is 12.3 Å². The molecule has 20 nitrogen and oxygen atoms in total. The van der Waals surface area contributed by atoms with Crippen LogP contribution >= 0.6 is 15.6 Å². The Morgan fingerprint density at radius 1 is 1.08 bits per heavy atom. The molecule has 1 aromatic rings. The number of H-pyrrole nitrogens is 1. The van der Waals surface area contributed by atoms with Crippen LogP contribution in [0.5, 0.6) is 0 Å². The standard InChI is InChI=1S/C9H12N2O6.C6H14O12P2/c12-3-4-6(14)7(15)8(17-4)11-2-1-5(13)10-9(11)16;7-1-3(9)5(10)6(18-20(14,15)16)4(2-8)17-19(11,12)13/h1-2,4,6-8,12,14-15H,3H2,(H,10,13,16);2-7,9-10H,1H2,(H2,11,12,13)(H2,14,15,16)/p-4/t4-,6-,7-,8-;3-,4-,5-,6-/m11/s1. The average molecular weight is 580 g/mol. The Morgan fingerprint density at radius 2 is 1.65 bits per heavy atom. The van der Waals surface area contributed by atoms with E-state index < -0.39 is 95.3 Å². The molecule has 0 aromatic carbocycles. The van der Waals surface area contributed by atoms with E-state index in [-0.39, 0.29) is 0 Å². The maximum absolute atomic E-state index is 11.4. The number of carbonyl (C=O) groups is 1. The highest BCUT2D eigenvalue weighted by Gasteiger charge is 2.43. The van der Waals surface area contributed by atoms with Crippen molar-refractivity contribution in [1.29, 1.82) is 0 Å². The third-order valence-electron chi connectivity index (χ3n) is 4.52. The minimum atomic E-state index is -5.84. The average Bonchev–Trinajstić information content (AvgIpc) is 3.07. The first kappa shape index (κ1) is 33.3. The molecule has 0 bridgehead atoms. The Balaban J connectivity index is 0.000000373. The SMILES string of the molecule is O=C[C@@H](OP(=O)([O-])[O-])[C@@H](OP(=O)([O-])[O-])[C@H](O)[C@H](O)CO.O=c1ccn([C@@H]2O[C@H](CO)[C@@H](O)[C@H]2O)c(=O)[nH]1. The van der Waals surface area contributed by atoms with Crippen molar-refractivity contribution in [3.05, 3.63) is 33.1 Å². The molecule has 2 heterocycles. The van der Waals surface area contributed by atoms with Crippen molar-refractivity contribution in [2.45, 2.75) is 49.0 Å². The van der Waals surface area contributed by atoms with Gasteiger partial charge >= 0.3 is 5.69 Å².